The molecular formula is C21H28ClN3O4S. The van der Waals surface area contributed by atoms with Crippen LogP contribution in [0.1, 0.15) is 10.4 Å². The molecule has 164 valence electrons. The van der Waals surface area contributed by atoms with Gasteiger partial charge in [-0.3, -0.25) is 14.6 Å². The number of carbonyl (C=O) groups is 1. The fourth-order valence-electron chi connectivity index (χ4n) is 3.45. The smallest absolute Gasteiger partial charge is 0.234 e. The minimum atomic E-state index is -0.00896. The number of methoxy groups -OCH3 is 3. The van der Waals surface area contributed by atoms with Crippen LogP contribution in [-0.2, 0) is 17.9 Å². The molecule has 0 saturated carbocycles. The van der Waals surface area contributed by atoms with Gasteiger partial charge in [-0.25, -0.2) is 0 Å². The normalized spacial score (nSPS) is 15.1. The fourth-order valence-corrected chi connectivity index (χ4v) is 4.58. The first-order chi connectivity index (χ1) is 14.5. The first-order valence-electron chi connectivity index (χ1n) is 9.77. The van der Waals surface area contributed by atoms with Crippen molar-refractivity contribution >= 4 is 28.8 Å². The first-order valence-corrected chi connectivity index (χ1v) is 11.0. The Kier molecular flexibility index (Phi) is 8.21. The van der Waals surface area contributed by atoms with Gasteiger partial charge in [-0.2, -0.15) is 0 Å². The van der Waals surface area contributed by atoms with Crippen molar-refractivity contribution in [2.45, 2.75) is 13.1 Å². The molecule has 0 unspecified atom stereocenters. The Morgan fingerprint density at radius 1 is 1.00 bits per heavy atom. The maximum Gasteiger partial charge on any atom is 0.234 e. The molecule has 0 atom stereocenters. The number of carbonyl (C=O) groups excluding carboxylic acids is 1. The number of hydrogen-bond donors (Lipinski definition) is 1. The lowest BCUT2D eigenvalue weighted by Crippen LogP contribution is -2.48. The third kappa shape index (κ3) is 6.01. The molecule has 0 bridgehead atoms. The molecule has 2 heterocycles. The van der Waals surface area contributed by atoms with Gasteiger partial charge in [-0.15, -0.1) is 11.3 Å². The molecule has 2 aromatic rings. The van der Waals surface area contributed by atoms with Gasteiger partial charge in [0.1, 0.15) is 5.75 Å². The van der Waals surface area contributed by atoms with E-state index < -0.39 is 0 Å². The molecule has 1 aromatic carbocycles. The monoisotopic (exact) mass is 453 g/mol. The number of ether oxygens (including phenoxy) is 3. The highest BCUT2D eigenvalue weighted by Crippen LogP contribution is 2.34. The molecule has 7 nitrogen and oxygen atoms in total. The van der Waals surface area contributed by atoms with Crippen molar-refractivity contribution in [2.24, 2.45) is 0 Å². The van der Waals surface area contributed by atoms with E-state index >= 15 is 0 Å². The summed E-state index contributed by atoms with van der Waals surface area (Å²) in [6, 6.07) is 7.61. The third-order valence-corrected chi connectivity index (χ3v) is 6.32. The Hall–Kier alpha value is -2.00. The van der Waals surface area contributed by atoms with E-state index in [-0.39, 0.29) is 5.91 Å². The van der Waals surface area contributed by atoms with Crippen LogP contribution in [-0.4, -0.2) is 69.8 Å². The molecule has 1 fully saturated rings. The maximum absolute atomic E-state index is 12.5. The molecule has 1 aliphatic heterocycles. The number of rotatable bonds is 9. The minimum Gasteiger partial charge on any atom is -0.496 e. The molecule has 1 aromatic heterocycles. The molecule has 1 aliphatic rings. The highest BCUT2D eigenvalue weighted by atomic mass is 35.5. The summed E-state index contributed by atoms with van der Waals surface area (Å²) >= 11 is 7.63. The molecule has 0 spiro atoms. The molecule has 0 aliphatic carbocycles. The van der Waals surface area contributed by atoms with E-state index in [2.05, 4.69) is 21.2 Å². The van der Waals surface area contributed by atoms with Gasteiger partial charge in [0.15, 0.2) is 11.5 Å². The Balaban J connectivity index is 1.46. The van der Waals surface area contributed by atoms with Gasteiger partial charge >= 0.3 is 0 Å². The van der Waals surface area contributed by atoms with Crippen molar-refractivity contribution in [2.75, 3.05) is 54.1 Å². The summed E-state index contributed by atoms with van der Waals surface area (Å²) in [5.74, 6) is 1.83. The fraction of sp³-hybridized carbons (Fsp3) is 0.476. The molecule has 1 saturated heterocycles. The van der Waals surface area contributed by atoms with E-state index in [4.69, 9.17) is 25.8 Å². The van der Waals surface area contributed by atoms with Crippen LogP contribution in [0.4, 0.5) is 0 Å². The Bertz CT molecular complexity index is 853. The number of nitrogens with one attached hydrogen (secondary N) is 1. The SMILES string of the molecule is COc1cc(OC)c(OC)cc1CNC(=O)CN1CCN(Cc2ccc(Cl)s2)CC1. The molecule has 1 amide bonds. The van der Waals surface area contributed by atoms with Crippen molar-refractivity contribution < 1.29 is 19.0 Å². The van der Waals surface area contributed by atoms with Crippen molar-refractivity contribution in [3.05, 3.63) is 39.0 Å². The maximum atomic E-state index is 12.5. The molecule has 9 heteroatoms. The summed E-state index contributed by atoms with van der Waals surface area (Å²) in [5.41, 5.74) is 0.836. The van der Waals surface area contributed by atoms with Crippen molar-refractivity contribution in [3.63, 3.8) is 0 Å². The Morgan fingerprint density at radius 3 is 2.23 bits per heavy atom. The lowest BCUT2D eigenvalue weighted by atomic mass is 10.1. The predicted molar refractivity (Wildman–Crippen MR) is 119 cm³/mol. The molecule has 1 N–H and O–H groups in total. The second-order valence-electron chi connectivity index (χ2n) is 7.05. The average molecular weight is 454 g/mol. The van der Waals surface area contributed by atoms with Gasteiger partial charge in [-0.1, -0.05) is 11.6 Å². The lowest BCUT2D eigenvalue weighted by Gasteiger charge is -2.34. The third-order valence-electron chi connectivity index (χ3n) is 5.10. The summed E-state index contributed by atoms with van der Waals surface area (Å²) in [6.07, 6.45) is 0. The van der Waals surface area contributed by atoms with E-state index in [0.29, 0.717) is 30.3 Å². The van der Waals surface area contributed by atoms with Gasteiger partial charge < -0.3 is 19.5 Å². The van der Waals surface area contributed by atoms with Gasteiger partial charge in [0.25, 0.3) is 0 Å². The predicted octanol–water partition coefficient (Wildman–Crippen LogP) is 2.86. The summed E-state index contributed by atoms with van der Waals surface area (Å²) in [5, 5.41) is 2.98. The zero-order valence-electron chi connectivity index (χ0n) is 17.6. The summed E-state index contributed by atoms with van der Waals surface area (Å²) in [4.78, 5) is 18.3. The van der Waals surface area contributed by atoms with Crippen LogP contribution < -0.4 is 19.5 Å². The highest BCUT2D eigenvalue weighted by molar-refractivity contribution is 7.16. The number of thiophene rings is 1. The molecule has 30 heavy (non-hydrogen) atoms. The second-order valence-corrected chi connectivity index (χ2v) is 8.85. The Labute approximate surface area is 186 Å². The second kappa shape index (κ2) is 10.9. The first kappa shape index (κ1) is 22.7. The van der Waals surface area contributed by atoms with Crippen molar-refractivity contribution in [3.8, 4) is 17.2 Å². The van der Waals surface area contributed by atoms with Gasteiger partial charge in [-0.05, 0) is 18.2 Å². The standard InChI is InChI=1S/C21H28ClN3O4S/c1-27-17-11-19(29-3)18(28-2)10-15(17)12-23-21(26)14-25-8-6-24(7-9-25)13-16-4-5-20(22)30-16/h4-5,10-11H,6-9,12-14H2,1-3H3,(H,23,26). The van der Waals surface area contributed by atoms with Crippen LogP contribution in [0.15, 0.2) is 24.3 Å². The molecule has 3 rings (SSSR count). The number of halogens is 1. The van der Waals surface area contributed by atoms with E-state index in [1.54, 1.807) is 38.7 Å². The zero-order valence-corrected chi connectivity index (χ0v) is 19.1. The lowest BCUT2D eigenvalue weighted by molar-refractivity contribution is -0.122. The van der Waals surface area contributed by atoms with E-state index in [0.717, 1.165) is 42.6 Å². The topological polar surface area (TPSA) is 63.3 Å². The van der Waals surface area contributed by atoms with Crippen LogP contribution >= 0.6 is 22.9 Å². The number of amides is 1. The van der Waals surface area contributed by atoms with Gasteiger partial charge in [0.2, 0.25) is 5.91 Å². The van der Waals surface area contributed by atoms with Crippen LogP contribution in [0.25, 0.3) is 0 Å². The summed E-state index contributed by atoms with van der Waals surface area (Å²) in [7, 11) is 4.75. The number of hydrogen-bond acceptors (Lipinski definition) is 7. The largest absolute Gasteiger partial charge is 0.496 e. The van der Waals surface area contributed by atoms with Crippen LogP contribution in [0.3, 0.4) is 0 Å². The zero-order chi connectivity index (χ0) is 21.5. The summed E-state index contributed by atoms with van der Waals surface area (Å²) < 4.78 is 16.9. The van der Waals surface area contributed by atoms with E-state index in [1.807, 2.05) is 12.1 Å². The number of piperazine rings is 1. The number of nitrogens with zero attached hydrogens (tertiary/aromatic N) is 2. The number of benzene rings is 1. The van der Waals surface area contributed by atoms with Crippen molar-refractivity contribution in [1.82, 2.24) is 15.1 Å². The molecular weight excluding hydrogens is 426 g/mol. The van der Waals surface area contributed by atoms with Crippen LogP contribution in [0.5, 0.6) is 17.2 Å². The quantitative estimate of drug-likeness (QED) is 0.630. The summed E-state index contributed by atoms with van der Waals surface area (Å²) in [6.45, 7) is 5.27. The highest BCUT2D eigenvalue weighted by Gasteiger charge is 2.20. The average Bonchev–Trinajstić information content (AvgIpc) is 3.17. The minimum absolute atomic E-state index is 0.00896. The van der Waals surface area contributed by atoms with Crippen LogP contribution in [0, 0.1) is 0 Å². The van der Waals surface area contributed by atoms with Crippen LogP contribution in [0.2, 0.25) is 4.34 Å². The van der Waals surface area contributed by atoms with Gasteiger partial charge in [0, 0.05) is 55.8 Å². The van der Waals surface area contributed by atoms with Crippen molar-refractivity contribution in [1.29, 1.82) is 0 Å². The van der Waals surface area contributed by atoms with E-state index in [9.17, 15) is 4.79 Å². The Morgan fingerprint density at radius 2 is 1.63 bits per heavy atom. The van der Waals surface area contributed by atoms with Gasteiger partial charge in [0.05, 0.1) is 32.2 Å². The van der Waals surface area contributed by atoms with E-state index in [1.165, 1.54) is 4.88 Å². The molecule has 0 radical (unpaired) electrons.